The summed E-state index contributed by atoms with van der Waals surface area (Å²) in [6, 6.07) is -0.874. The molecule has 3 unspecified atom stereocenters. The Morgan fingerprint density at radius 3 is 1.25 bits per heavy atom. The second-order valence-corrected chi connectivity index (χ2v) is 24.0. The van der Waals surface area contributed by atoms with Gasteiger partial charge in [-0.05, 0) is 115 Å². The molecular weight excluding hydrogens is 1000 g/mol. The minimum absolute atomic E-state index is 0.0275. The molecule has 0 aromatic rings. The van der Waals surface area contributed by atoms with Crippen LogP contribution < -0.4 is 5.32 Å². The zero-order valence-corrected chi connectivity index (χ0v) is 52.7. The fourth-order valence-electron chi connectivity index (χ4n) is 8.74. The molecule has 3 atom stereocenters. The molecule has 0 aromatic heterocycles. The molecule has 10 heteroatoms. The monoisotopic (exact) mass is 1120 g/mol. The van der Waals surface area contributed by atoms with Crippen molar-refractivity contribution >= 4 is 19.7 Å². The zero-order chi connectivity index (χ0) is 57.9. The molecule has 0 aliphatic heterocycles. The first-order valence-electron chi connectivity index (χ1n) is 32.2. The zero-order valence-electron chi connectivity index (χ0n) is 51.8. The van der Waals surface area contributed by atoms with Crippen LogP contribution in [0.5, 0.6) is 0 Å². The Labute approximate surface area is 487 Å². The lowest BCUT2D eigenvalue weighted by molar-refractivity contribution is -0.870. The van der Waals surface area contributed by atoms with Gasteiger partial charge in [-0.2, -0.15) is 0 Å². The van der Waals surface area contributed by atoms with Crippen LogP contribution in [0.1, 0.15) is 265 Å². The summed E-state index contributed by atoms with van der Waals surface area (Å²) < 4.78 is 30.7. The van der Waals surface area contributed by atoms with Gasteiger partial charge in [-0.1, -0.05) is 246 Å². The highest BCUT2D eigenvalue weighted by atomic mass is 31.2. The summed E-state index contributed by atoms with van der Waals surface area (Å²) in [6.07, 6.45) is 79.5. The summed E-state index contributed by atoms with van der Waals surface area (Å²) in [4.78, 5) is 37.7. The molecule has 1 amide bonds. The van der Waals surface area contributed by atoms with Crippen molar-refractivity contribution in [3.05, 3.63) is 109 Å². The predicted octanol–water partition coefficient (Wildman–Crippen LogP) is 20.1. The van der Waals surface area contributed by atoms with Gasteiger partial charge in [0.1, 0.15) is 19.3 Å². The second kappa shape index (κ2) is 57.9. The smallest absolute Gasteiger partial charge is 0.456 e. The van der Waals surface area contributed by atoms with Crippen molar-refractivity contribution in [1.82, 2.24) is 5.32 Å². The van der Waals surface area contributed by atoms with Gasteiger partial charge in [0.05, 0.1) is 33.8 Å². The lowest BCUT2D eigenvalue weighted by atomic mass is 10.0. The highest BCUT2D eigenvalue weighted by Gasteiger charge is 2.30. The summed E-state index contributed by atoms with van der Waals surface area (Å²) in [5.74, 6) is -0.552. The minimum atomic E-state index is -4.47. The van der Waals surface area contributed by atoms with Crippen molar-refractivity contribution in [2.75, 3.05) is 40.9 Å². The number of hydrogen-bond donors (Lipinski definition) is 2. The molecule has 0 saturated carbocycles. The first-order chi connectivity index (χ1) is 38.4. The van der Waals surface area contributed by atoms with E-state index in [9.17, 15) is 19.0 Å². The van der Waals surface area contributed by atoms with Gasteiger partial charge in [-0.15, -0.1) is 0 Å². The predicted molar refractivity (Wildman–Crippen MR) is 341 cm³/mol. The Hall–Kier alpha value is -3.33. The number of ether oxygens (including phenoxy) is 1. The van der Waals surface area contributed by atoms with E-state index in [1.54, 1.807) is 0 Å². The Kier molecular flexibility index (Phi) is 55.4. The number of phosphoric ester groups is 1. The first-order valence-corrected chi connectivity index (χ1v) is 33.7. The number of allylic oxidation sites excluding steroid dienone is 17. The number of carbonyl (C=O) groups is 2. The van der Waals surface area contributed by atoms with Gasteiger partial charge >= 0.3 is 13.8 Å². The van der Waals surface area contributed by atoms with E-state index in [0.29, 0.717) is 17.4 Å². The number of hydrogen-bond acceptors (Lipinski definition) is 6. The number of unbranched alkanes of at least 4 members (excludes halogenated alkanes) is 25. The number of likely N-dealkylation sites (N-methyl/N-ethyl adjacent to an activating group) is 1. The number of nitrogens with one attached hydrogen (secondary N) is 1. The summed E-state index contributed by atoms with van der Waals surface area (Å²) in [5, 5.41) is 3.04. The van der Waals surface area contributed by atoms with Crippen LogP contribution in [0.3, 0.4) is 0 Å². The van der Waals surface area contributed by atoms with E-state index >= 15 is 0 Å². The molecule has 0 heterocycles. The Morgan fingerprint density at radius 1 is 0.456 bits per heavy atom. The van der Waals surface area contributed by atoms with E-state index in [-0.39, 0.29) is 37.9 Å². The van der Waals surface area contributed by atoms with Crippen LogP contribution in [0.2, 0.25) is 0 Å². The van der Waals surface area contributed by atoms with Gasteiger partial charge in [0.25, 0.3) is 0 Å². The average molecular weight is 1120 g/mol. The van der Waals surface area contributed by atoms with Crippen LogP contribution in [-0.4, -0.2) is 74.3 Å². The molecule has 0 aromatic carbocycles. The third-order valence-corrected chi connectivity index (χ3v) is 14.7. The van der Waals surface area contributed by atoms with Crippen LogP contribution >= 0.6 is 7.82 Å². The largest absolute Gasteiger partial charge is 0.472 e. The van der Waals surface area contributed by atoms with E-state index in [2.05, 4.69) is 123 Å². The van der Waals surface area contributed by atoms with E-state index in [0.717, 1.165) is 116 Å². The Morgan fingerprint density at radius 2 is 0.810 bits per heavy atom. The lowest BCUT2D eigenvalue weighted by Crippen LogP contribution is -2.47. The van der Waals surface area contributed by atoms with Crippen molar-refractivity contribution in [1.29, 1.82) is 0 Å². The fraction of sp³-hybridized carbons (Fsp3) is 0.710. The number of nitrogens with zero attached hydrogens (tertiary/aromatic N) is 1. The fourth-order valence-corrected chi connectivity index (χ4v) is 9.47. The summed E-state index contributed by atoms with van der Waals surface area (Å²) in [7, 11) is 1.46. The van der Waals surface area contributed by atoms with Gasteiger partial charge in [0.2, 0.25) is 5.91 Å². The van der Waals surface area contributed by atoms with E-state index in [1.165, 1.54) is 109 Å². The van der Waals surface area contributed by atoms with Crippen LogP contribution in [0, 0.1) is 0 Å². The molecule has 0 saturated heterocycles. The maximum absolute atomic E-state index is 13.5. The van der Waals surface area contributed by atoms with Gasteiger partial charge in [-0.25, -0.2) is 4.57 Å². The maximum Gasteiger partial charge on any atom is 0.472 e. The molecule has 0 radical (unpaired) electrons. The molecule has 2 N–H and O–H groups in total. The molecule has 0 aliphatic carbocycles. The Bertz CT molecular complexity index is 1720. The third-order valence-electron chi connectivity index (χ3n) is 13.7. The lowest BCUT2D eigenvalue weighted by Gasteiger charge is -2.27. The molecule has 79 heavy (non-hydrogen) atoms. The van der Waals surface area contributed by atoms with Crippen LogP contribution in [0.4, 0.5) is 0 Å². The van der Waals surface area contributed by atoms with E-state index in [1.807, 2.05) is 33.3 Å². The third kappa shape index (κ3) is 59.1. The van der Waals surface area contributed by atoms with Gasteiger partial charge in [0.15, 0.2) is 0 Å². The summed E-state index contributed by atoms with van der Waals surface area (Å²) in [6.45, 7) is 6.83. The Balaban J connectivity index is 5.21. The topological polar surface area (TPSA) is 111 Å². The minimum Gasteiger partial charge on any atom is -0.456 e. The van der Waals surface area contributed by atoms with Crippen LogP contribution in [-0.2, 0) is 27.9 Å². The van der Waals surface area contributed by atoms with Crippen molar-refractivity contribution in [3.63, 3.8) is 0 Å². The molecule has 0 spiro atoms. The summed E-state index contributed by atoms with van der Waals surface area (Å²) in [5.41, 5.74) is 0. The van der Waals surface area contributed by atoms with Crippen LogP contribution in [0.15, 0.2) is 109 Å². The highest BCUT2D eigenvalue weighted by molar-refractivity contribution is 7.47. The SMILES string of the molecule is CC/C=C/C/C=C/C/C=C/C/C=C/CCCCCC(=O)NC(COP(=O)(O)OCC[N+](C)(C)C)C(/C=C\CCCCCCCCCCCC)OC(=O)CCCCCCCCCCC/C=C\C/C=C\C/C=C\C/C=C\CCCCC. The number of esters is 1. The van der Waals surface area contributed by atoms with Crippen LogP contribution in [0.25, 0.3) is 0 Å². The molecule has 0 aliphatic rings. The van der Waals surface area contributed by atoms with Crippen molar-refractivity contribution in [2.45, 2.75) is 277 Å². The van der Waals surface area contributed by atoms with E-state index in [4.69, 9.17) is 13.8 Å². The molecule has 0 bridgehead atoms. The molecule has 9 nitrogen and oxygen atoms in total. The van der Waals surface area contributed by atoms with Crippen molar-refractivity contribution in [3.8, 4) is 0 Å². The number of amides is 1. The number of carbonyl (C=O) groups excluding carboxylic acids is 2. The average Bonchev–Trinajstić information content (AvgIpc) is 3.41. The molecule has 0 rings (SSSR count). The van der Waals surface area contributed by atoms with Gasteiger partial charge in [0, 0.05) is 12.8 Å². The van der Waals surface area contributed by atoms with Crippen molar-refractivity contribution < 1.29 is 37.3 Å². The first kappa shape index (κ1) is 75.7. The van der Waals surface area contributed by atoms with Gasteiger partial charge in [-0.3, -0.25) is 18.6 Å². The van der Waals surface area contributed by atoms with E-state index < -0.39 is 20.0 Å². The van der Waals surface area contributed by atoms with Crippen molar-refractivity contribution in [2.24, 2.45) is 0 Å². The standard InChI is InChI=1S/C69H121N2O7P/c1-7-10-13-16-19-22-25-28-30-32-33-34-35-36-37-38-39-40-42-44-47-50-53-56-59-62-69(73)78-67(60-57-54-51-48-45-27-24-21-18-15-12-9-3)66(65-77-79(74,75)76-64-63-71(4,5)6)70-68(72)61-58-55-52-49-46-43-41-31-29-26-23-20-17-14-11-8-2/h11,14,19-20,22-23,28-31,33-34,36-37,43,46,57,60,66-67H,7-10,12-13,15-18,21,24-27,32,35,38-42,44-45,47-56,58-59,61-65H2,1-6H3,(H-,70,72,74,75)/p+1/b14-11+,22-19-,23-20+,30-28-,31-29+,34-33-,37-36-,46-43+,60-57-. The normalized spacial score (nSPS) is 14.4. The molecular formula is C69H122N2O7P+. The second-order valence-electron chi connectivity index (χ2n) is 22.5. The number of phosphoric acid groups is 1. The quantitative estimate of drug-likeness (QED) is 0.0205. The summed E-state index contributed by atoms with van der Waals surface area (Å²) >= 11 is 0. The number of rotatable bonds is 57. The maximum atomic E-state index is 13.5. The number of quaternary nitrogens is 1. The molecule has 454 valence electrons. The van der Waals surface area contributed by atoms with Gasteiger partial charge < -0.3 is 19.4 Å². The highest BCUT2D eigenvalue weighted by Crippen LogP contribution is 2.43. The molecule has 0 fully saturated rings.